The summed E-state index contributed by atoms with van der Waals surface area (Å²) >= 11 is 0. The third-order valence-corrected chi connectivity index (χ3v) is 9.97. The van der Waals surface area contributed by atoms with E-state index in [2.05, 4.69) is 81.9 Å². The van der Waals surface area contributed by atoms with Gasteiger partial charge in [0.15, 0.2) is 0 Å². The highest BCUT2D eigenvalue weighted by atomic mass is 16.3. The van der Waals surface area contributed by atoms with Crippen molar-refractivity contribution in [2.24, 2.45) is 0 Å². The van der Waals surface area contributed by atoms with E-state index in [1.54, 1.807) is 0 Å². The van der Waals surface area contributed by atoms with Crippen LogP contribution in [-0.4, -0.2) is 9.13 Å². The van der Waals surface area contributed by atoms with Crippen molar-refractivity contribution in [3.8, 4) is 45.8 Å². The van der Waals surface area contributed by atoms with Crippen LogP contribution in [-0.2, 0) is 12.8 Å². The summed E-state index contributed by atoms with van der Waals surface area (Å²) in [6.45, 7) is 0. The summed E-state index contributed by atoms with van der Waals surface area (Å²) in [7, 11) is 0. The minimum atomic E-state index is 0.569. The van der Waals surface area contributed by atoms with Crippen molar-refractivity contribution in [3.63, 3.8) is 0 Å². The highest BCUT2D eigenvalue weighted by Crippen LogP contribution is 2.47. The molecule has 0 amide bonds. The maximum atomic E-state index is 10.4. The molecule has 5 heteroatoms. The third-order valence-electron chi connectivity index (χ3n) is 9.97. The molecule has 0 fully saturated rings. The molecule has 3 aromatic heterocycles. The molecule has 9 aromatic rings. The van der Waals surface area contributed by atoms with E-state index in [0.717, 1.165) is 102 Å². The van der Waals surface area contributed by atoms with Gasteiger partial charge in [-0.3, -0.25) is 0 Å². The van der Waals surface area contributed by atoms with Gasteiger partial charge in [-0.25, -0.2) is 0 Å². The minimum Gasteiger partial charge on any atom is -0.460 e. The number of hydrogen-bond acceptors (Lipinski definition) is 3. The normalized spacial score (nSPS) is 12.1. The van der Waals surface area contributed by atoms with Crippen molar-refractivity contribution in [3.05, 3.63) is 156 Å². The van der Waals surface area contributed by atoms with Crippen LogP contribution in [0.2, 0.25) is 0 Å². The number of fused-ring (bicyclic) bond motifs is 10. The molecule has 226 valence electrons. The number of rotatable bonds is 3. The summed E-state index contributed by atoms with van der Waals surface area (Å²) in [5.41, 5.74) is 11.9. The van der Waals surface area contributed by atoms with Crippen LogP contribution in [0.5, 0.6) is 0 Å². The van der Waals surface area contributed by atoms with Crippen LogP contribution in [0.25, 0.3) is 77.3 Å². The number of aromatic nitrogens is 2. The fourth-order valence-corrected chi connectivity index (χ4v) is 7.88. The van der Waals surface area contributed by atoms with Crippen LogP contribution >= 0.6 is 0 Å². The number of nitrogens with zero attached hydrogens (tertiary/aromatic N) is 4. The molecular formula is C44H24N4O. The van der Waals surface area contributed by atoms with Gasteiger partial charge in [0.1, 0.15) is 29.0 Å². The number of hydrogen-bond donors (Lipinski definition) is 0. The lowest BCUT2D eigenvalue weighted by Gasteiger charge is -2.18. The molecule has 10 rings (SSSR count). The number of para-hydroxylation sites is 3. The molecular weight excluding hydrogens is 601 g/mol. The van der Waals surface area contributed by atoms with Crippen molar-refractivity contribution < 1.29 is 4.42 Å². The molecule has 0 saturated heterocycles. The molecule has 1 aliphatic rings. The summed E-state index contributed by atoms with van der Waals surface area (Å²) in [6, 6.07) is 52.2. The first kappa shape index (κ1) is 27.1. The molecule has 49 heavy (non-hydrogen) atoms. The zero-order chi connectivity index (χ0) is 32.6. The summed E-state index contributed by atoms with van der Waals surface area (Å²) in [4.78, 5) is 0. The van der Waals surface area contributed by atoms with Gasteiger partial charge in [0.05, 0.1) is 33.5 Å². The largest absolute Gasteiger partial charge is 0.460 e. The van der Waals surface area contributed by atoms with Crippen molar-refractivity contribution in [1.29, 1.82) is 10.5 Å². The Morgan fingerprint density at radius 2 is 1.20 bits per heavy atom. The van der Waals surface area contributed by atoms with Gasteiger partial charge in [-0.15, -0.1) is 0 Å². The van der Waals surface area contributed by atoms with Crippen molar-refractivity contribution >= 4 is 43.7 Å². The van der Waals surface area contributed by atoms with Crippen molar-refractivity contribution in [2.45, 2.75) is 12.8 Å². The molecule has 0 aliphatic heterocycles. The third kappa shape index (κ3) is 3.81. The maximum Gasteiger partial charge on any atom is 0.134 e. The van der Waals surface area contributed by atoms with E-state index in [1.807, 2.05) is 72.8 Å². The van der Waals surface area contributed by atoms with E-state index < -0.39 is 0 Å². The Balaban J connectivity index is 1.21. The van der Waals surface area contributed by atoms with Gasteiger partial charge in [0, 0.05) is 44.8 Å². The van der Waals surface area contributed by atoms with Gasteiger partial charge in [0.2, 0.25) is 0 Å². The molecule has 0 spiro atoms. The summed E-state index contributed by atoms with van der Waals surface area (Å²) in [5.74, 6) is 0.991. The van der Waals surface area contributed by atoms with Crippen LogP contribution in [0.4, 0.5) is 0 Å². The first-order chi connectivity index (χ1) is 24.2. The molecule has 0 bridgehead atoms. The van der Waals surface area contributed by atoms with Gasteiger partial charge in [-0.1, -0.05) is 72.8 Å². The molecule has 0 saturated carbocycles. The topological polar surface area (TPSA) is 70.6 Å². The van der Waals surface area contributed by atoms with Crippen LogP contribution in [0.1, 0.15) is 22.6 Å². The van der Waals surface area contributed by atoms with E-state index in [4.69, 9.17) is 4.42 Å². The predicted octanol–water partition coefficient (Wildman–Crippen LogP) is 10.3. The zero-order valence-electron chi connectivity index (χ0n) is 26.2. The number of benzene rings is 5. The second kappa shape index (κ2) is 10.2. The highest BCUT2D eigenvalue weighted by Gasteiger charge is 2.30. The first-order valence-electron chi connectivity index (χ1n) is 16.3. The summed E-state index contributed by atoms with van der Waals surface area (Å²) in [5, 5.41) is 25.1. The average Bonchev–Trinajstić information content (AvgIpc) is 3.82. The molecule has 5 nitrogen and oxygen atoms in total. The highest BCUT2D eigenvalue weighted by molar-refractivity contribution is 6.10. The monoisotopic (exact) mass is 624 g/mol. The van der Waals surface area contributed by atoms with Gasteiger partial charge < -0.3 is 13.6 Å². The Hall–Kier alpha value is -7.00. The Kier molecular flexibility index (Phi) is 5.68. The van der Waals surface area contributed by atoms with E-state index >= 15 is 0 Å². The molecule has 6 aromatic carbocycles. The zero-order valence-corrected chi connectivity index (χ0v) is 26.2. The van der Waals surface area contributed by atoms with E-state index in [-0.39, 0.29) is 0 Å². The van der Waals surface area contributed by atoms with Gasteiger partial charge in [0.25, 0.3) is 0 Å². The second-order valence-corrected chi connectivity index (χ2v) is 12.5. The molecule has 3 heterocycles. The molecule has 0 radical (unpaired) electrons. The first-order valence-corrected chi connectivity index (χ1v) is 16.3. The summed E-state index contributed by atoms with van der Waals surface area (Å²) < 4.78 is 10.7. The van der Waals surface area contributed by atoms with E-state index in [1.165, 1.54) is 0 Å². The Morgan fingerprint density at radius 3 is 1.88 bits per heavy atom. The number of nitriles is 2. The maximum absolute atomic E-state index is 10.4. The molecule has 0 N–H and O–H groups in total. The predicted molar refractivity (Wildman–Crippen MR) is 193 cm³/mol. The Bertz CT molecular complexity index is 2870. The molecule has 0 unspecified atom stereocenters. The fraction of sp³-hybridized carbons (Fsp3) is 0.0455. The van der Waals surface area contributed by atoms with Gasteiger partial charge >= 0.3 is 0 Å². The van der Waals surface area contributed by atoms with E-state index in [9.17, 15) is 10.5 Å². The smallest absolute Gasteiger partial charge is 0.134 e. The van der Waals surface area contributed by atoms with Gasteiger partial charge in [-0.2, -0.15) is 10.5 Å². The summed E-state index contributed by atoms with van der Waals surface area (Å²) in [6.07, 6.45) is 1.52. The standard InChI is InChI=1S/C44H24N4O/c45-25-29-19-17-27(23-39(29)47-35-13-5-1-9-31(35)32-10-2-6-14-36(32)47)28-18-20-30(26-46)40(24-28)48-37-15-7-3-11-33(37)43-38(48)21-22-42-44(43)34-12-4-8-16-41(34)49-42/h1-6,8-14,16-20,23-24H,21-22H2. The van der Waals surface area contributed by atoms with Crippen molar-refractivity contribution in [2.75, 3.05) is 0 Å². The number of aryl methyl sites for hydroxylation is 1. The lowest BCUT2D eigenvalue weighted by atomic mass is 9.91. The Morgan fingerprint density at radius 1 is 0.592 bits per heavy atom. The Labute approximate surface area is 281 Å². The minimum absolute atomic E-state index is 0.569. The average molecular weight is 625 g/mol. The van der Waals surface area contributed by atoms with Crippen molar-refractivity contribution in [1.82, 2.24) is 9.13 Å². The van der Waals surface area contributed by atoms with Crippen LogP contribution < -0.4 is 0 Å². The molecule has 0 atom stereocenters. The number of furan rings is 1. The van der Waals surface area contributed by atoms with Crippen LogP contribution in [0.3, 0.4) is 0 Å². The molecule has 1 aliphatic carbocycles. The van der Waals surface area contributed by atoms with Gasteiger partial charge in [-0.05, 0) is 78.2 Å². The van der Waals surface area contributed by atoms with E-state index in [0.29, 0.717) is 11.1 Å². The quantitative estimate of drug-likeness (QED) is 0.196. The SMILES string of the molecule is N#Cc1ccc(-c2ccc(C#N)c(-n3c4ccccc4c4ccccc43)c2)cc1-n1c2c(c3ccc#cc31)-c1c(oc3ccccc13)CC2. The lowest BCUT2D eigenvalue weighted by Crippen LogP contribution is -2.08. The lowest BCUT2D eigenvalue weighted by molar-refractivity contribution is 0.543. The second-order valence-electron chi connectivity index (χ2n) is 12.5. The van der Waals surface area contributed by atoms with Crippen LogP contribution in [0, 0.1) is 34.8 Å². The fourth-order valence-electron chi connectivity index (χ4n) is 7.88. The van der Waals surface area contributed by atoms with Crippen LogP contribution in [0.15, 0.2) is 126 Å².